The monoisotopic (exact) mass is 538 g/mol. The number of halogens is 1. The molecule has 31 heavy (non-hydrogen) atoms. The van der Waals surface area contributed by atoms with Crippen LogP contribution in [0.25, 0.3) is 0 Å². The van der Waals surface area contributed by atoms with Crippen molar-refractivity contribution in [3.8, 4) is 5.75 Å². The largest absolute Gasteiger partial charge is 0.493 e. The topological polar surface area (TPSA) is 74.8 Å². The predicted molar refractivity (Wildman–Crippen MR) is 139 cm³/mol. The molecule has 2 aromatic carbocycles. The Balaban J connectivity index is 0.00000480. The summed E-state index contributed by atoms with van der Waals surface area (Å²) in [7, 11) is 1.64. The first kappa shape index (κ1) is 26.7. The number of benzene rings is 2. The van der Waals surface area contributed by atoms with E-state index < -0.39 is 0 Å². The Hall–Kier alpha value is -2.29. The molecule has 0 saturated carbocycles. The molecule has 0 aliphatic rings. The second-order valence-electron chi connectivity index (χ2n) is 7.46. The van der Waals surface area contributed by atoms with Gasteiger partial charge in [-0.05, 0) is 43.0 Å². The average molecular weight is 538 g/mol. The van der Waals surface area contributed by atoms with E-state index in [0.29, 0.717) is 31.2 Å². The second-order valence-corrected chi connectivity index (χ2v) is 7.46. The van der Waals surface area contributed by atoms with Crippen LogP contribution in [-0.4, -0.2) is 38.6 Å². The van der Waals surface area contributed by atoms with E-state index in [9.17, 15) is 4.79 Å². The molecule has 7 heteroatoms. The summed E-state index contributed by atoms with van der Waals surface area (Å²) in [6.07, 6.45) is 0.795. The minimum atomic E-state index is -0.0712. The summed E-state index contributed by atoms with van der Waals surface area (Å²) in [5.41, 5.74) is 2.84. The van der Waals surface area contributed by atoms with Crippen molar-refractivity contribution < 1.29 is 9.53 Å². The minimum Gasteiger partial charge on any atom is -0.493 e. The molecule has 0 bridgehead atoms. The van der Waals surface area contributed by atoms with E-state index in [-0.39, 0.29) is 29.9 Å². The lowest BCUT2D eigenvalue weighted by atomic mass is 10.1. The SMILES string of the molecule is CCNC(=NCc1ccccc1OCC(C)C)NCCc1cccc(C(=O)NC)c1.I. The zero-order valence-corrected chi connectivity index (χ0v) is 21.2. The number of aliphatic imine (C=N–C) groups is 1. The number of nitrogens with one attached hydrogen (secondary N) is 3. The Morgan fingerprint density at radius 1 is 1.10 bits per heavy atom. The number of para-hydroxylation sites is 1. The van der Waals surface area contributed by atoms with Crippen LogP contribution in [-0.2, 0) is 13.0 Å². The zero-order valence-electron chi connectivity index (χ0n) is 18.9. The van der Waals surface area contributed by atoms with Crippen molar-refractivity contribution in [2.75, 3.05) is 26.7 Å². The van der Waals surface area contributed by atoms with E-state index in [0.717, 1.165) is 35.8 Å². The van der Waals surface area contributed by atoms with Crippen LogP contribution in [0.5, 0.6) is 5.75 Å². The van der Waals surface area contributed by atoms with Crippen LogP contribution in [0.4, 0.5) is 0 Å². The van der Waals surface area contributed by atoms with E-state index in [2.05, 4.69) is 29.8 Å². The maximum Gasteiger partial charge on any atom is 0.251 e. The predicted octanol–water partition coefficient (Wildman–Crippen LogP) is 4.00. The Labute approximate surface area is 203 Å². The summed E-state index contributed by atoms with van der Waals surface area (Å²) < 4.78 is 5.93. The van der Waals surface area contributed by atoms with Crippen LogP contribution >= 0.6 is 24.0 Å². The molecule has 1 amide bonds. The van der Waals surface area contributed by atoms with Gasteiger partial charge in [0.2, 0.25) is 0 Å². The molecule has 0 atom stereocenters. The summed E-state index contributed by atoms with van der Waals surface area (Å²) in [5.74, 6) is 2.05. The van der Waals surface area contributed by atoms with Crippen LogP contribution < -0.4 is 20.7 Å². The molecular formula is C24H35IN4O2. The van der Waals surface area contributed by atoms with Crippen LogP contribution in [0, 0.1) is 5.92 Å². The number of carbonyl (C=O) groups excluding carboxylic acids is 1. The highest BCUT2D eigenvalue weighted by molar-refractivity contribution is 14.0. The fraction of sp³-hybridized carbons (Fsp3) is 0.417. The Morgan fingerprint density at radius 3 is 2.58 bits per heavy atom. The van der Waals surface area contributed by atoms with Crippen LogP contribution in [0.3, 0.4) is 0 Å². The normalized spacial score (nSPS) is 10.9. The van der Waals surface area contributed by atoms with Gasteiger partial charge < -0.3 is 20.7 Å². The first-order chi connectivity index (χ1) is 14.5. The van der Waals surface area contributed by atoms with Crippen molar-refractivity contribution >= 4 is 35.8 Å². The van der Waals surface area contributed by atoms with Crippen molar-refractivity contribution in [1.29, 1.82) is 0 Å². The number of rotatable bonds is 10. The van der Waals surface area contributed by atoms with Gasteiger partial charge >= 0.3 is 0 Å². The van der Waals surface area contributed by atoms with E-state index >= 15 is 0 Å². The maximum atomic E-state index is 11.8. The first-order valence-electron chi connectivity index (χ1n) is 10.6. The van der Waals surface area contributed by atoms with Gasteiger partial charge in [0.1, 0.15) is 5.75 Å². The fourth-order valence-electron chi connectivity index (χ4n) is 2.88. The number of ether oxygens (including phenoxy) is 1. The number of carbonyl (C=O) groups is 1. The number of nitrogens with zero attached hydrogens (tertiary/aromatic N) is 1. The Bertz CT molecular complexity index is 840. The van der Waals surface area contributed by atoms with Crippen molar-refractivity contribution in [2.45, 2.75) is 33.7 Å². The number of hydrogen-bond donors (Lipinski definition) is 3. The highest BCUT2D eigenvalue weighted by atomic mass is 127. The molecule has 0 radical (unpaired) electrons. The van der Waals surface area contributed by atoms with E-state index in [1.54, 1.807) is 7.05 Å². The third kappa shape index (κ3) is 9.59. The molecule has 2 aromatic rings. The smallest absolute Gasteiger partial charge is 0.251 e. The fourth-order valence-corrected chi connectivity index (χ4v) is 2.88. The third-order valence-electron chi connectivity index (χ3n) is 4.42. The summed E-state index contributed by atoms with van der Waals surface area (Å²) in [6, 6.07) is 15.7. The van der Waals surface area contributed by atoms with Crippen molar-refractivity contribution in [1.82, 2.24) is 16.0 Å². The van der Waals surface area contributed by atoms with Crippen LogP contribution in [0.15, 0.2) is 53.5 Å². The molecule has 0 aliphatic carbocycles. The third-order valence-corrected chi connectivity index (χ3v) is 4.42. The number of guanidine groups is 1. The van der Waals surface area contributed by atoms with Crippen LogP contribution in [0.1, 0.15) is 42.3 Å². The van der Waals surface area contributed by atoms with Gasteiger partial charge in [0, 0.05) is 31.3 Å². The highest BCUT2D eigenvalue weighted by Gasteiger charge is 2.06. The van der Waals surface area contributed by atoms with E-state index in [1.807, 2.05) is 55.5 Å². The molecule has 0 spiro atoms. The van der Waals surface area contributed by atoms with Crippen molar-refractivity contribution in [3.63, 3.8) is 0 Å². The summed E-state index contributed by atoms with van der Waals surface area (Å²) in [5, 5.41) is 9.31. The van der Waals surface area contributed by atoms with Crippen molar-refractivity contribution in [3.05, 3.63) is 65.2 Å². The molecule has 0 aliphatic heterocycles. The Morgan fingerprint density at radius 2 is 1.87 bits per heavy atom. The molecule has 0 aromatic heterocycles. The van der Waals surface area contributed by atoms with Gasteiger partial charge in [-0.2, -0.15) is 0 Å². The summed E-state index contributed by atoms with van der Waals surface area (Å²) in [4.78, 5) is 16.5. The van der Waals surface area contributed by atoms with Crippen molar-refractivity contribution in [2.24, 2.45) is 10.9 Å². The van der Waals surface area contributed by atoms with Gasteiger partial charge in [-0.3, -0.25) is 4.79 Å². The zero-order chi connectivity index (χ0) is 21.8. The second kappa shape index (κ2) is 14.7. The molecule has 0 heterocycles. The summed E-state index contributed by atoms with van der Waals surface area (Å²) >= 11 is 0. The average Bonchev–Trinajstić information content (AvgIpc) is 2.76. The standard InChI is InChI=1S/C24H34N4O2.HI/c1-5-26-24(27-14-13-19-9-8-11-20(15-19)23(29)25-4)28-16-21-10-6-7-12-22(21)30-17-18(2)3;/h6-12,15,18H,5,13-14,16-17H2,1-4H3,(H,25,29)(H2,26,27,28);1H. The van der Waals surface area contributed by atoms with Gasteiger partial charge in [-0.1, -0.05) is 44.2 Å². The maximum absolute atomic E-state index is 11.8. The molecule has 2 rings (SSSR count). The molecule has 0 saturated heterocycles. The van der Waals surface area contributed by atoms with Gasteiger partial charge in [-0.25, -0.2) is 4.99 Å². The summed E-state index contributed by atoms with van der Waals surface area (Å²) in [6.45, 7) is 9.04. The lowest BCUT2D eigenvalue weighted by Gasteiger charge is -2.14. The number of hydrogen-bond acceptors (Lipinski definition) is 3. The van der Waals surface area contributed by atoms with E-state index in [1.165, 1.54) is 0 Å². The molecule has 6 nitrogen and oxygen atoms in total. The molecule has 0 unspecified atom stereocenters. The van der Waals surface area contributed by atoms with Gasteiger partial charge in [0.15, 0.2) is 5.96 Å². The van der Waals surface area contributed by atoms with Gasteiger partial charge in [0.05, 0.1) is 13.2 Å². The lowest BCUT2D eigenvalue weighted by Crippen LogP contribution is -2.38. The molecule has 3 N–H and O–H groups in total. The number of amides is 1. The van der Waals surface area contributed by atoms with Crippen LogP contribution in [0.2, 0.25) is 0 Å². The molecule has 170 valence electrons. The molecule has 0 fully saturated rings. The first-order valence-corrected chi connectivity index (χ1v) is 10.6. The lowest BCUT2D eigenvalue weighted by molar-refractivity contribution is 0.0963. The minimum absolute atomic E-state index is 0. The molecular weight excluding hydrogens is 503 g/mol. The van der Waals surface area contributed by atoms with Gasteiger partial charge in [0.25, 0.3) is 5.91 Å². The quantitative estimate of drug-likeness (QED) is 0.243. The highest BCUT2D eigenvalue weighted by Crippen LogP contribution is 2.19. The Kier molecular flexibility index (Phi) is 12.7. The van der Waals surface area contributed by atoms with E-state index in [4.69, 9.17) is 9.73 Å². The van der Waals surface area contributed by atoms with Gasteiger partial charge in [-0.15, -0.1) is 24.0 Å².